The van der Waals surface area contributed by atoms with Gasteiger partial charge in [-0.15, -0.1) is 0 Å². The number of carbonyl (C=O) groups excluding carboxylic acids is 2. The molecule has 2 rings (SSSR count). The van der Waals surface area contributed by atoms with Crippen LogP contribution in [-0.4, -0.2) is 35.4 Å². The fourth-order valence-corrected chi connectivity index (χ4v) is 3.26. The number of nitrogens with zero attached hydrogens (tertiary/aromatic N) is 1. The molecule has 2 aromatic rings. The molecule has 6 nitrogen and oxygen atoms in total. The highest BCUT2D eigenvalue weighted by Crippen LogP contribution is 2.33. The Kier molecular flexibility index (Phi) is 6.65. The lowest BCUT2D eigenvalue weighted by Gasteiger charge is -2.22. The molecule has 0 saturated heterocycles. The number of alkyl carbamates (subject to hydrolysis) is 1. The second-order valence-corrected chi connectivity index (χ2v) is 8.02. The number of hydrogen-bond acceptors (Lipinski definition) is 4. The number of nitrogens with one attached hydrogen (secondary N) is 1. The van der Waals surface area contributed by atoms with Crippen molar-refractivity contribution >= 4 is 46.2 Å². The molecule has 0 unspecified atom stereocenters. The molecule has 0 saturated carbocycles. The summed E-state index contributed by atoms with van der Waals surface area (Å²) in [5.74, 6) is -0.468. The number of fused-ring (bicyclic) bond motifs is 1. The van der Waals surface area contributed by atoms with Crippen LogP contribution in [0.3, 0.4) is 0 Å². The Balaban J connectivity index is 2.37. The number of aromatic nitrogens is 1. The van der Waals surface area contributed by atoms with Gasteiger partial charge in [-0.2, -0.15) is 0 Å². The van der Waals surface area contributed by atoms with Crippen LogP contribution in [0.1, 0.15) is 51.1 Å². The highest BCUT2D eigenvalue weighted by Gasteiger charge is 2.23. The van der Waals surface area contributed by atoms with E-state index in [4.69, 9.17) is 32.7 Å². The number of carbonyl (C=O) groups is 2. The van der Waals surface area contributed by atoms with Crippen LogP contribution in [0.15, 0.2) is 18.2 Å². The maximum Gasteiger partial charge on any atom is 0.407 e. The third kappa shape index (κ3) is 5.30. The number of halogens is 2. The van der Waals surface area contributed by atoms with E-state index in [1.54, 1.807) is 50.5 Å². The van der Waals surface area contributed by atoms with E-state index in [-0.39, 0.29) is 19.2 Å². The fourth-order valence-electron chi connectivity index (χ4n) is 2.72. The Morgan fingerprint density at radius 3 is 2.48 bits per heavy atom. The van der Waals surface area contributed by atoms with Crippen LogP contribution >= 0.6 is 23.2 Å². The number of amides is 1. The van der Waals surface area contributed by atoms with Gasteiger partial charge in [0.15, 0.2) is 0 Å². The van der Waals surface area contributed by atoms with Crippen LogP contribution in [-0.2, 0) is 9.47 Å². The van der Waals surface area contributed by atoms with E-state index in [9.17, 15) is 9.59 Å². The Labute approximate surface area is 168 Å². The zero-order valence-corrected chi connectivity index (χ0v) is 17.6. The van der Waals surface area contributed by atoms with Crippen LogP contribution in [0.25, 0.3) is 10.9 Å². The minimum Gasteiger partial charge on any atom is -0.461 e. The highest BCUT2D eigenvalue weighted by atomic mass is 35.5. The van der Waals surface area contributed by atoms with Crippen molar-refractivity contribution in [2.45, 2.75) is 46.3 Å². The summed E-state index contributed by atoms with van der Waals surface area (Å²) in [6.07, 6.45) is -0.528. The van der Waals surface area contributed by atoms with Gasteiger partial charge in [0.2, 0.25) is 0 Å². The lowest BCUT2D eigenvalue weighted by molar-refractivity contribution is 0.0512. The molecule has 0 aliphatic carbocycles. The maximum atomic E-state index is 12.4. The van der Waals surface area contributed by atoms with E-state index >= 15 is 0 Å². The topological polar surface area (TPSA) is 69.6 Å². The van der Waals surface area contributed by atoms with Gasteiger partial charge in [0, 0.05) is 23.0 Å². The summed E-state index contributed by atoms with van der Waals surface area (Å²) in [7, 11) is 0. The molecule has 148 valence electrons. The monoisotopic (exact) mass is 414 g/mol. The molecule has 0 fully saturated rings. The normalized spacial score (nSPS) is 12.7. The van der Waals surface area contributed by atoms with Crippen molar-refractivity contribution in [2.24, 2.45) is 0 Å². The second kappa shape index (κ2) is 8.40. The zero-order chi connectivity index (χ0) is 20.4. The van der Waals surface area contributed by atoms with Crippen LogP contribution in [0.2, 0.25) is 10.0 Å². The van der Waals surface area contributed by atoms with E-state index in [1.165, 1.54) is 0 Å². The standard InChI is InChI=1S/C19H24Cl2N2O4/c1-6-26-17(24)16-9-13-14(21)7-12(20)8-15(13)23(16)11(2)10-22-18(25)27-19(3,4)5/h7-9,11H,6,10H2,1-5H3,(H,22,25)/t11-/m1/s1. The fraction of sp³-hybridized carbons (Fsp3) is 0.474. The van der Waals surface area contributed by atoms with Gasteiger partial charge in [0.05, 0.1) is 17.1 Å². The molecule has 0 bridgehead atoms. The average molecular weight is 415 g/mol. The molecule has 0 aliphatic rings. The molecule has 0 spiro atoms. The number of hydrogen-bond donors (Lipinski definition) is 1. The van der Waals surface area contributed by atoms with E-state index in [0.29, 0.717) is 26.6 Å². The van der Waals surface area contributed by atoms with Gasteiger partial charge in [-0.1, -0.05) is 23.2 Å². The molecule has 0 aliphatic heterocycles. The number of rotatable bonds is 5. The lowest BCUT2D eigenvalue weighted by Crippen LogP contribution is -2.35. The smallest absolute Gasteiger partial charge is 0.407 e. The molecule has 1 heterocycles. The third-order valence-electron chi connectivity index (χ3n) is 3.74. The van der Waals surface area contributed by atoms with Gasteiger partial charge >= 0.3 is 12.1 Å². The first-order valence-corrected chi connectivity index (χ1v) is 9.43. The molecule has 8 heteroatoms. The van der Waals surface area contributed by atoms with E-state index in [2.05, 4.69) is 5.32 Å². The quantitative estimate of drug-likeness (QED) is 0.681. The van der Waals surface area contributed by atoms with E-state index in [1.807, 2.05) is 6.92 Å². The first kappa shape index (κ1) is 21.4. The Bertz CT molecular complexity index is 855. The first-order chi connectivity index (χ1) is 12.5. The number of ether oxygens (including phenoxy) is 2. The minimum atomic E-state index is -0.593. The van der Waals surface area contributed by atoms with Crippen molar-refractivity contribution in [3.05, 3.63) is 33.9 Å². The predicted molar refractivity (Wildman–Crippen MR) is 107 cm³/mol. The minimum absolute atomic E-state index is 0.245. The molecule has 27 heavy (non-hydrogen) atoms. The van der Waals surface area contributed by atoms with Gasteiger partial charge < -0.3 is 19.4 Å². The van der Waals surface area contributed by atoms with Crippen molar-refractivity contribution < 1.29 is 19.1 Å². The van der Waals surface area contributed by atoms with Crippen LogP contribution in [0.4, 0.5) is 4.79 Å². The summed E-state index contributed by atoms with van der Waals surface area (Å²) >= 11 is 12.4. The van der Waals surface area contributed by atoms with Crippen LogP contribution < -0.4 is 5.32 Å². The van der Waals surface area contributed by atoms with Gasteiger partial charge in [-0.25, -0.2) is 9.59 Å². The largest absolute Gasteiger partial charge is 0.461 e. The summed E-state index contributed by atoms with van der Waals surface area (Å²) in [6, 6.07) is 4.75. The first-order valence-electron chi connectivity index (χ1n) is 8.67. The SMILES string of the molecule is CCOC(=O)c1cc2c(Cl)cc(Cl)cc2n1[C@H](C)CNC(=O)OC(C)(C)C. The molecule has 1 amide bonds. The summed E-state index contributed by atoms with van der Waals surface area (Å²) < 4.78 is 12.2. The number of benzene rings is 1. The summed E-state index contributed by atoms with van der Waals surface area (Å²) in [4.78, 5) is 24.4. The maximum absolute atomic E-state index is 12.4. The van der Waals surface area contributed by atoms with Crippen molar-refractivity contribution in [3.63, 3.8) is 0 Å². The third-order valence-corrected chi connectivity index (χ3v) is 4.27. The van der Waals surface area contributed by atoms with Crippen molar-refractivity contribution in [3.8, 4) is 0 Å². The van der Waals surface area contributed by atoms with Crippen LogP contribution in [0, 0.1) is 0 Å². The number of esters is 1. The average Bonchev–Trinajstić information content (AvgIpc) is 2.91. The summed E-state index contributed by atoms with van der Waals surface area (Å²) in [5.41, 5.74) is 0.438. The Morgan fingerprint density at radius 1 is 1.22 bits per heavy atom. The Morgan fingerprint density at radius 2 is 1.89 bits per heavy atom. The van der Waals surface area contributed by atoms with Crippen molar-refractivity contribution in [1.82, 2.24) is 9.88 Å². The Hall–Kier alpha value is -1.92. The summed E-state index contributed by atoms with van der Waals surface area (Å²) in [5, 5.41) is 4.30. The molecule has 1 aromatic heterocycles. The molecule has 1 aromatic carbocycles. The van der Waals surface area contributed by atoms with Gasteiger partial charge in [-0.05, 0) is 52.8 Å². The van der Waals surface area contributed by atoms with Gasteiger partial charge in [-0.3, -0.25) is 0 Å². The van der Waals surface area contributed by atoms with Gasteiger partial charge in [0.25, 0.3) is 0 Å². The highest BCUT2D eigenvalue weighted by molar-refractivity contribution is 6.38. The summed E-state index contributed by atoms with van der Waals surface area (Å²) in [6.45, 7) is 9.47. The van der Waals surface area contributed by atoms with Gasteiger partial charge in [0.1, 0.15) is 11.3 Å². The molecule has 1 N–H and O–H groups in total. The predicted octanol–water partition coefficient (Wildman–Crippen LogP) is 5.21. The molecule has 1 atom stereocenters. The molecular formula is C19H24Cl2N2O4. The van der Waals surface area contributed by atoms with Crippen molar-refractivity contribution in [1.29, 1.82) is 0 Å². The second-order valence-electron chi connectivity index (χ2n) is 7.17. The van der Waals surface area contributed by atoms with Crippen molar-refractivity contribution in [2.75, 3.05) is 13.2 Å². The zero-order valence-electron chi connectivity index (χ0n) is 16.1. The molecule has 0 radical (unpaired) electrons. The van der Waals surface area contributed by atoms with E-state index < -0.39 is 17.7 Å². The van der Waals surface area contributed by atoms with E-state index in [0.717, 1.165) is 0 Å². The molecular weight excluding hydrogens is 391 g/mol. The lowest BCUT2D eigenvalue weighted by atomic mass is 10.2. The van der Waals surface area contributed by atoms with Crippen LogP contribution in [0.5, 0.6) is 0 Å².